The smallest absolute Gasteiger partial charge is 0.245 e. The lowest BCUT2D eigenvalue weighted by molar-refractivity contribution is -0.132. The van der Waals surface area contributed by atoms with E-state index in [1.807, 2.05) is 39.0 Å². The number of benzene rings is 1. The van der Waals surface area contributed by atoms with Gasteiger partial charge in [-0.1, -0.05) is 17.4 Å². The summed E-state index contributed by atoms with van der Waals surface area (Å²) in [5.74, 6) is -0.309. The maximum absolute atomic E-state index is 13.3. The molecule has 2 bridgehead atoms. The molecule has 0 N–H and O–H groups in total. The third-order valence-electron chi connectivity index (χ3n) is 6.40. The van der Waals surface area contributed by atoms with Gasteiger partial charge in [-0.2, -0.15) is 0 Å². The van der Waals surface area contributed by atoms with Crippen LogP contribution in [0.15, 0.2) is 18.2 Å². The number of aryl methyl sites for hydroxylation is 1. The van der Waals surface area contributed by atoms with E-state index < -0.39 is 10.8 Å². The molecule has 5 rings (SSSR count). The summed E-state index contributed by atoms with van der Waals surface area (Å²) in [6.45, 7) is 5.82. The minimum absolute atomic E-state index is 0.155. The Morgan fingerprint density at radius 2 is 1.79 bits per heavy atom. The van der Waals surface area contributed by atoms with Crippen molar-refractivity contribution >= 4 is 38.5 Å². The molecular formula is C18H18N2O3S. The summed E-state index contributed by atoms with van der Waals surface area (Å²) in [6.07, 6.45) is 1.38. The molecule has 0 aliphatic carbocycles. The van der Waals surface area contributed by atoms with Crippen LogP contribution >= 0.6 is 11.3 Å². The average molecular weight is 342 g/mol. The summed E-state index contributed by atoms with van der Waals surface area (Å²) in [4.78, 5) is 32.4. The predicted octanol–water partition coefficient (Wildman–Crippen LogP) is 3.05. The lowest BCUT2D eigenvalue weighted by Gasteiger charge is -2.36. The first-order valence-electron chi connectivity index (χ1n) is 8.29. The summed E-state index contributed by atoms with van der Waals surface area (Å²) in [5, 5.41) is 0.488. The van der Waals surface area contributed by atoms with Gasteiger partial charge in [0.2, 0.25) is 11.8 Å². The van der Waals surface area contributed by atoms with Gasteiger partial charge >= 0.3 is 0 Å². The summed E-state index contributed by atoms with van der Waals surface area (Å²) >= 11 is 1.41. The van der Waals surface area contributed by atoms with Crippen molar-refractivity contribution in [3.8, 4) is 0 Å². The van der Waals surface area contributed by atoms with E-state index >= 15 is 0 Å². The number of hydrogen-bond acceptors (Lipinski definition) is 5. The van der Waals surface area contributed by atoms with E-state index in [0.29, 0.717) is 5.13 Å². The molecule has 6 heteroatoms. The Morgan fingerprint density at radius 3 is 2.42 bits per heavy atom. The highest BCUT2D eigenvalue weighted by molar-refractivity contribution is 7.22. The molecule has 4 heterocycles. The first-order valence-corrected chi connectivity index (χ1v) is 9.10. The van der Waals surface area contributed by atoms with Gasteiger partial charge in [0.05, 0.1) is 33.3 Å². The van der Waals surface area contributed by atoms with E-state index in [1.165, 1.54) is 16.2 Å². The lowest BCUT2D eigenvalue weighted by atomic mass is 9.59. The van der Waals surface area contributed by atoms with Gasteiger partial charge < -0.3 is 4.74 Å². The molecule has 1 aromatic carbocycles. The van der Waals surface area contributed by atoms with Crippen molar-refractivity contribution < 1.29 is 14.3 Å². The second-order valence-electron chi connectivity index (χ2n) is 7.51. The van der Waals surface area contributed by atoms with Gasteiger partial charge in [-0.3, -0.25) is 9.59 Å². The van der Waals surface area contributed by atoms with Gasteiger partial charge in [0.25, 0.3) is 0 Å². The van der Waals surface area contributed by atoms with Gasteiger partial charge in [-0.25, -0.2) is 9.88 Å². The molecule has 5 nitrogen and oxygen atoms in total. The van der Waals surface area contributed by atoms with Crippen LogP contribution in [0.1, 0.15) is 32.3 Å². The standard InChI is InChI=1S/C18H18N2O3S/c1-9-4-5-10-11(8-9)24-16(19-10)20-14(21)17(2)12-6-7-13(23-12)18(17,3)15(20)22/h4-5,8,12-13H,6-7H2,1-3H3/t12-,13-,17-,18+/m1/s1. The van der Waals surface area contributed by atoms with E-state index in [0.717, 1.165) is 28.6 Å². The van der Waals surface area contributed by atoms with Crippen LogP contribution in [-0.4, -0.2) is 29.0 Å². The van der Waals surface area contributed by atoms with Crippen LogP contribution in [0.3, 0.4) is 0 Å². The molecule has 24 heavy (non-hydrogen) atoms. The van der Waals surface area contributed by atoms with Crippen LogP contribution in [0.25, 0.3) is 10.2 Å². The first kappa shape index (κ1) is 14.5. The third-order valence-corrected chi connectivity index (χ3v) is 7.41. The molecule has 4 atom stereocenters. The lowest BCUT2D eigenvalue weighted by Crippen LogP contribution is -2.48. The summed E-state index contributed by atoms with van der Waals surface area (Å²) in [7, 11) is 0. The van der Waals surface area contributed by atoms with Crippen molar-refractivity contribution in [1.82, 2.24) is 4.98 Å². The first-order chi connectivity index (χ1) is 11.4. The molecule has 2 aromatic rings. The number of imide groups is 1. The van der Waals surface area contributed by atoms with E-state index in [-0.39, 0.29) is 24.0 Å². The number of rotatable bonds is 1. The number of hydrogen-bond donors (Lipinski definition) is 0. The maximum atomic E-state index is 13.3. The monoisotopic (exact) mass is 342 g/mol. The molecule has 0 spiro atoms. The molecule has 2 amide bonds. The zero-order valence-electron chi connectivity index (χ0n) is 13.8. The van der Waals surface area contributed by atoms with Crippen LogP contribution < -0.4 is 4.90 Å². The number of fused-ring (bicyclic) bond motifs is 6. The molecule has 1 aromatic heterocycles. The Kier molecular flexibility index (Phi) is 2.57. The highest BCUT2D eigenvalue weighted by Crippen LogP contribution is 2.64. The summed E-state index contributed by atoms with van der Waals surface area (Å²) < 4.78 is 6.96. The Morgan fingerprint density at radius 1 is 1.17 bits per heavy atom. The molecule has 0 saturated carbocycles. The molecule has 3 fully saturated rings. The van der Waals surface area contributed by atoms with Crippen molar-refractivity contribution in [3.63, 3.8) is 0 Å². The number of ether oxygens (including phenoxy) is 1. The van der Waals surface area contributed by atoms with E-state index in [4.69, 9.17) is 4.74 Å². The van der Waals surface area contributed by atoms with Crippen LogP contribution in [0.2, 0.25) is 0 Å². The number of anilines is 1. The minimum atomic E-state index is -0.777. The molecule has 0 radical (unpaired) electrons. The van der Waals surface area contributed by atoms with E-state index in [1.54, 1.807) is 0 Å². The van der Waals surface area contributed by atoms with Crippen molar-refractivity contribution in [3.05, 3.63) is 23.8 Å². The largest absolute Gasteiger partial charge is 0.373 e. The average Bonchev–Trinajstić information content (AvgIpc) is 3.25. The minimum Gasteiger partial charge on any atom is -0.373 e. The quantitative estimate of drug-likeness (QED) is 0.748. The number of thiazole rings is 1. The topological polar surface area (TPSA) is 59.5 Å². The van der Waals surface area contributed by atoms with Gasteiger partial charge in [0, 0.05) is 0 Å². The summed E-state index contributed by atoms with van der Waals surface area (Å²) in [5.41, 5.74) is 0.411. The normalized spacial score (nSPS) is 37.7. The Bertz CT molecular complexity index is 888. The Labute approximate surface area is 143 Å². The number of carbonyl (C=O) groups excluding carboxylic acids is 2. The zero-order chi connectivity index (χ0) is 16.9. The summed E-state index contributed by atoms with van der Waals surface area (Å²) in [6, 6.07) is 5.97. The van der Waals surface area contributed by atoms with Gasteiger partial charge in [0.15, 0.2) is 5.13 Å². The molecule has 3 aliphatic rings. The fraction of sp³-hybridized carbons (Fsp3) is 0.500. The number of carbonyl (C=O) groups is 2. The van der Waals surface area contributed by atoms with Crippen LogP contribution in [-0.2, 0) is 14.3 Å². The predicted molar refractivity (Wildman–Crippen MR) is 91.0 cm³/mol. The number of aromatic nitrogens is 1. The second-order valence-corrected chi connectivity index (χ2v) is 8.52. The van der Waals surface area contributed by atoms with Crippen molar-refractivity contribution in [2.75, 3.05) is 4.90 Å². The van der Waals surface area contributed by atoms with Crippen LogP contribution in [0, 0.1) is 17.8 Å². The highest BCUT2D eigenvalue weighted by atomic mass is 32.1. The van der Waals surface area contributed by atoms with Gasteiger partial charge in [0.1, 0.15) is 0 Å². The Hall–Kier alpha value is -1.79. The van der Waals surface area contributed by atoms with Gasteiger partial charge in [-0.05, 0) is 51.3 Å². The van der Waals surface area contributed by atoms with Crippen molar-refractivity contribution in [2.24, 2.45) is 10.8 Å². The van der Waals surface area contributed by atoms with E-state index in [2.05, 4.69) is 4.98 Å². The van der Waals surface area contributed by atoms with E-state index in [9.17, 15) is 9.59 Å². The van der Waals surface area contributed by atoms with Crippen molar-refractivity contribution in [1.29, 1.82) is 0 Å². The molecule has 124 valence electrons. The molecule has 3 saturated heterocycles. The molecule has 0 unspecified atom stereocenters. The SMILES string of the molecule is Cc1ccc2nc(N3C(=O)[C@@]4(C)[C@H]5CC[C@@H](O5)[C@@]4(C)C3=O)sc2c1. The fourth-order valence-corrected chi connectivity index (χ4v) is 5.78. The highest BCUT2D eigenvalue weighted by Gasteiger charge is 2.77. The molecular weight excluding hydrogens is 324 g/mol. The third kappa shape index (κ3) is 1.39. The van der Waals surface area contributed by atoms with Crippen LogP contribution in [0.4, 0.5) is 5.13 Å². The fourth-order valence-electron chi connectivity index (χ4n) is 4.72. The maximum Gasteiger partial charge on any atom is 0.245 e. The number of nitrogens with zero attached hydrogens (tertiary/aromatic N) is 2. The second kappa shape index (κ2) is 4.24. The van der Waals surface area contributed by atoms with Crippen LogP contribution in [0.5, 0.6) is 0 Å². The Balaban J connectivity index is 1.67. The zero-order valence-corrected chi connectivity index (χ0v) is 14.6. The van der Waals surface area contributed by atoms with Crippen molar-refractivity contribution in [2.45, 2.75) is 45.8 Å². The van der Waals surface area contributed by atoms with Gasteiger partial charge in [-0.15, -0.1) is 0 Å². The number of amides is 2. The molecule has 3 aliphatic heterocycles.